The van der Waals surface area contributed by atoms with Crippen molar-refractivity contribution in [2.24, 2.45) is 0 Å². The Morgan fingerprint density at radius 3 is 2.35 bits per heavy atom. The molecule has 7 nitrogen and oxygen atoms in total. The summed E-state index contributed by atoms with van der Waals surface area (Å²) in [5, 5.41) is 11.0. The van der Waals surface area contributed by atoms with Gasteiger partial charge in [-0.3, -0.25) is 4.79 Å². The molecule has 0 atom stereocenters. The first-order valence-electron chi connectivity index (χ1n) is 8.34. The molecule has 0 aliphatic carbocycles. The Kier molecular flexibility index (Phi) is 4.30. The van der Waals surface area contributed by atoms with Crippen LogP contribution in [0.25, 0.3) is 5.69 Å². The average Bonchev–Trinajstić information content (AvgIpc) is 3.23. The molecule has 4 rings (SSSR count). The van der Waals surface area contributed by atoms with Crippen molar-refractivity contribution in [3.05, 3.63) is 66.2 Å². The number of rotatable bonds is 3. The first-order valence-corrected chi connectivity index (χ1v) is 8.34. The highest BCUT2D eigenvalue weighted by molar-refractivity contribution is 5.94. The molecule has 0 unspecified atom stereocenters. The number of tetrazole rings is 1. The fourth-order valence-corrected chi connectivity index (χ4v) is 3.08. The van der Waals surface area contributed by atoms with E-state index in [0.717, 1.165) is 5.69 Å². The Hall–Kier alpha value is -3.29. The minimum Gasteiger partial charge on any atom is -0.366 e. The molecule has 1 saturated heterocycles. The largest absolute Gasteiger partial charge is 0.366 e. The monoisotopic (exact) mass is 352 g/mol. The van der Waals surface area contributed by atoms with E-state index in [4.69, 9.17) is 0 Å². The van der Waals surface area contributed by atoms with E-state index >= 15 is 0 Å². The van der Waals surface area contributed by atoms with Crippen molar-refractivity contribution < 1.29 is 9.18 Å². The zero-order valence-electron chi connectivity index (χ0n) is 14.0. The number of nitrogens with zero attached hydrogens (tertiary/aromatic N) is 6. The zero-order valence-corrected chi connectivity index (χ0v) is 14.0. The van der Waals surface area contributed by atoms with E-state index in [1.54, 1.807) is 41.3 Å². The predicted octanol–water partition coefficient (Wildman–Crippen LogP) is 1.76. The van der Waals surface area contributed by atoms with Crippen LogP contribution in [0.4, 0.5) is 10.1 Å². The molecule has 0 radical (unpaired) electrons. The van der Waals surface area contributed by atoms with Crippen molar-refractivity contribution in [2.45, 2.75) is 0 Å². The number of benzene rings is 2. The Balaban J connectivity index is 1.41. The number of para-hydroxylation sites is 1. The highest BCUT2D eigenvalue weighted by atomic mass is 19.1. The van der Waals surface area contributed by atoms with Crippen molar-refractivity contribution in [1.29, 1.82) is 0 Å². The molecule has 132 valence electrons. The molecule has 26 heavy (non-hydrogen) atoms. The van der Waals surface area contributed by atoms with Crippen LogP contribution in [-0.2, 0) is 0 Å². The minimum absolute atomic E-state index is 0.0264. The van der Waals surface area contributed by atoms with Gasteiger partial charge in [-0.15, -0.1) is 5.10 Å². The first kappa shape index (κ1) is 16.2. The third-order valence-electron chi connectivity index (χ3n) is 4.49. The van der Waals surface area contributed by atoms with Gasteiger partial charge in [0.2, 0.25) is 0 Å². The lowest BCUT2D eigenvalue weighted by molar-refractivity contribution is 0.0746. The predicted molar refractivity (Wildman–Crippen MR) is 93.7 cm³/mol. The maximum absolute atomic E-state index is 13.9. The average molecular weight is 352 g/mol. The number of halogens is 1. The topological polar surface area (TPSA) is 67.2 Å². The molecule has 0 saturated carbocycles. The zero-order chi connectivity index (χ0) is 17.9. The van der Waals surface area contributed by atoms with Gasteiger partial charge in [0.15, 0.2) is 0 Å². The fourth-order valence-electron chi connectivity index (χ4n) is 3.08. The van der Waals surface area contributed by atoms with E-state index in [0.29, 0.717) is 37.4 Å². The molecule has 3 aromatic rings. The normalized spacial score (nSPS) is 14.5. The molecule has 0 spiro atoms. The van der Waals surface area contributed by atoms with E-state index < -0.39 is 0 Å². The number of hydrogen-bond donors (Lipinski definition) is 0. The molecule has 2 aromatic carbocycles. The second kappa shape index (κ2) is 6.91. The van der Waals surface area contributed by atoms with Gasteiger partial charge in [-0.2, -0.15) is 0 Å². The second-order valence-electron chi connectivity index (χ2n) is 6.03. The van der Waals surface area contributed by atoms with Gasteiger partial charge in [-0.1, -0.05) is 12.1 Å². The van der Waals surface area contributed by atoms with E-state index in [9.17, 15) is 9.18 Å². The van der Waals surface area contributed by atoms with E-state index in [1.807, 2.05) is 11.0 Å². The van der Waals surface area contributed by atoms with Gasteiger partial charge in [-0.25, -0.2) is 9.07 Å². The molecule has 0 N–H and O–H groups in total. The Morgan fingerprint density at radius 2 is 1.69 bits per heavy atom. The molecule has 1 aromatic heterocycles. The summed E-state index contributed by atoms with van der Waals surface area (Å²) in [4.78, 5) is 16.5. The van der Waals surface area contributed by atoms with Crippen molar-refractivity contribution in [3.63, 3.8) is 0 Å². The molecule has 1 aliphatic heterocycles. The number of amides is 1. The highest BCUT2D eigenvalue weighted by Crippen LogP contribution is 2.21. The van der Waals surface area contributed by atoms with E-state index in [2.05, 4.69) is 15.5 Å². The summed E-state index contributed by atoms with van der Waals surface area (Å²) in [7, 11) is 0. The maximum atomic E-state index is 13.9. The molecule has 1 fully saturated rings. The van der Waals surface area contributed by atoms with Crippen molar-refractivity contribution in [3.8, 4) is 5.69 Å². The Bertz CT molecular complexity index is 888. The first-order chi connectivity index (χ1) is 12.7. The number of piperazine rings is 1. The van der Waals surface area contributed by atoms with Crippen LogP contribution in [0.3, 0.4) is 0 Å². The van der Waals surface area contributed by atoms with Crippen molar-refractivity contribution >= 4 is 11.6 Å². The van der Waals surface area contributed by atoms with Gasteiger partial charge < -0.3 is 9.80 Å². The lowest BCUT2D eigenvalue weighted by Crippen LogP contribution is -2.49. The fraction of sp³-hybridized carbons (Fsp3) is 0.222. The molecular formula is C18H17FN6O. The summed E-state index contributed by atoms with van der Waals surface area (Å²) in [5.74, 6) is -0.257. The summed E-state index contributed by atoms with van der Waals surface area (Å²) >= 11 is 0. The van der Waals surface area contributed by atoms with Crippen LogP contribution in [-0.4, -0.2) is 57.2 Å². The van der Waals surface area contributed by atoms with Crippen molar-refractivity contribution in [2.75, 3.05) is 31.1 Å². The van der Waals surface area contributed by atoms with Crippen LogP contribution < -0.4 is 4.90 Å². The standard InChI is InChI=1S/C18H17FN6O/c19-16-3-1-2-4-17(16)23-9-11-24(12-10-23)18(26)14-5-7-15(8-6-14)25-13-20-21-22-25/h1-8,13H,9-12H2. The highest BCUT2D eigenvalue weighted by Gasteiger charge is 2.23. The molecule has 8 heteroatoms. The van der Waals surface area contributed by atoms with Crippen LogP contribution in [0.5, 0.6) is 0 Å². The Labute approximate surface area is 149 Å². The lowest BCUT2D eigenvalue weighted by atomic mass is 10.1. The smallest absolute Gasteiger partial charge is 0.253 e. The van der Waals surface area contributed by atoms with Crippen LogP contribution in [0.15, 0.2) is 54.9 Å². The molecular weight excluding hydrogens is 335 g/mol. The molecule has 2 heterocycles. The molecule has 1 aliphatic rings. The summed E-state index contributed by atoms with van der Waals surface area (Å²) in [6.07, 6.45) is 1.50. The van der Waals surface area contributed by atoms with Gasteiger partial charge in [-0.05, 0) is 46.8 Å². The van der Waals surface area contributed by atoms with Gasteiger partial charge in [0.25, 0.3) is 5.91 Å². The number of aromatic nitrogens is 4. The Morgan fingerprint density at radius 1 is 0.962 bits per heavy atom. The van der Waals surface area contributed by atoms with Crippen LogP contribution in [0.2, 0.25) is 0 Å². The van der Waals surface area contributed by atoms with Gasteiger partial charge in [0.05, 0.1) is 11.4 Å². The number of anilines is 1. The van der Waals surface area contributed by atoms with Crippen LogP contribution in [0.1, 0.15) is 10.4 Å². The minimum atomic E-state index is -0.231. The number of carbonyl (C=O) groups is 1. The summed E-state index contributed by atoms with van der Waals surface area (Å²) in [5.41, 5.74) is 1.99. The summed E-state index contributed by atoms with van der Waals surface area (Å²) in [6, 6.07) is 13.9. The second-order valence-corrected chi connectivity index (χ2v) is 6.03. The van der Waals surface area contributed by atoms with Gasteiger partial charge in [0, 0.05) is 31.7 Å². The summed E-state index contributed by atoms with van der Waals surface area (Å²) < 4.78 is 15.4. The molecule has 1 amide bonds. The van der Waals surface area contributed by atoms with Crippen LogP contribution >= 0.6 is 0 Å². The number of carbonyl (C=O) groups excluding carboxylic acids is 1. The maximum Gasteiger partial charge on any atom is 0.253 e. The third-order valence-corrected chi connectivity index (χ3v) is 4.49. The SMILES string of the molecule is O=C(c1ccc(-n2cnnn2)cc1)N1CCN(c2ccccc2F)CC1. The van der Waals surface area contributed by atoms with Gasteiger partial charge >= 0.3 is 0 Å². The summed E-state index contributed by atoms with van der Waals surface area (Å²) in [6.45, 7) is 2.33. The van der Waals surface area contributed by atoms with E-state index in [1.165, 1.54) is 17.1 Å². The third kappa shape index (κ3) is 3.13. The van der Waals surface area contributed by atoms with Crippen molar-refractivity contribution in [1.82, 2.24) is 25.1 Å². The van der Waals surface area contributed by atoms with Gasteiger partial charge in [0.1, 0.15) is 12.1 Å². The quantitative estimate of drug-likeness (QED) is 0.719. The van der Waals surface area contributed by atoms with E-state index in [-0.39, 0.29) is 11.7 Å². The lowest BCUT2D eigenvalue weighted by Gasteiger charge is -2.36. The molecule has 0 bridgehead atoms. The number of hydrogen-bond acceptors (Lipinski definition) is 5. The van der Waals surface area contributed by atoms with Crippen LogP contribution in [0, 0.1) is 5.82 Å².